The summed E-state index contributed by atoms with van der Waals surface area (Å²) in [6.45, 7) is 5.37. The molecule has 1 aromatic rings. The Kier molecular flexibility index (Phi) is 2.74. The first-order chi connectivity index (χ1) is 6.49. The third kappa shape index (κ3) is 1.55. The van der Waals surface area contributed by atoms with E-state index in [0.717, 1.165) is 5.69 Å². The molecule has 4 nitrogen and oxygen atoms in total. The fraction of sp³-hybridized carbons (Fsp3) is 0.400. The lowest BCUT2D eigenvalue weighted by Crippen LogP contribution is -2.11. The van der Waals surface area contributed by atoms with E-state index in [0.29, 0.717) is 23.4 Å². The smallest absolute Gasteiger partial charge is 0.336 e. The quantitative estimate of drug-likeness (QED) is 0.748. The van der Waals surface area contributed by atoms with Crippen molar-refractivity contribution in [3.63, 3.8) is 0 Å². The number of hydrogen-bond acceptors (Lipinski definition) is 3. The molecule has 0 spiro atoms. The molecule has 0 amide bonds. The summed E-state index contributed by atoms with van der Waals surface area (Å²) >= 11 is 0. The highest BCUT2D eigenvalue weighted by atomic mass is 16.4. The highest BCUT2D eigenvalue weighted by Crippen LogP contribution is 2.21. The maximum absolute atomic E-state index is 11.0. The number of nitrogen functional groups attached to an aromatic ring is 1. The third-order valence-electron chi connectivity index (χ3n) is 2.37. The van der Waals surface area contributed by atoms with Crippen molar-refractivity contribution >= 4 is 11.8 Å². The number of aryl methyl sites for hydroxylation is 1. The van der Waals surface area contributed by atoms with Crippen molar-refractivity contribution in [1.29, 1.82) is 0 Å². The lowest BCUT2D eigenvalue weighted by Gasteiger charge is -2.11. The van der Waals surface area contributed by atoms with E-state index in [-0.39, 0.29) is 5.56 Å². The van der Waals surface area contributed by atoms with E-state index in [9.17, 15) is 4.79 Å². The van der Waals surface area contributed by atoms with E-state index in [1.807, 2.05) is 6.92 Å². The van der Waals surface area contributed by atoms with Gasteiger partial charge in [-0.3, -0.25) is 0 Å². The molecule has 14 heavy (non-hydrogen) atoms. The summed E-state index contributed by atoms with van der Waals surface area (Å²) < 4.78 is 0. The number of carboxylic acids is 1. The van der Waals surface area contributed by atoms with Crippen molar-refractivity contribution in [3.05, 3.63) is 22.4 Å². The minimum atomic E-state index is -0.941. The van der Waals surface area contributed by atoms with Gasteiger partial charge in [-0.2, -0.15) is 0 Å². The van der Waals surface area contributed by atoms with E-state index in [2.05, 4.69) is 4.98 Å². The molecule has 0 atom stereocenters. The molecule has 1 heterocycles. The summed E-state index contributed by atoms with van der Waals surface area (Å²) in [5.74, 6) is -0.631. The zero-order chi connectivity index (χ0) is 10.9. The number of pyridine rings is 1. The Bertz CT molecular complexity index is 386. The second-order valence-electron chi connectivity index (χ2n) is 3.23. The number of aromatic carboxylic acids is 1. The first-order valence-corrected chi connectivity index (χ1v) is 4.47. The van der Waals surface area contributed by atoms with Crippen LogP contribution in [0.25, 0.3) is 0 Å². The Balaban J connectivity index is 3.53. The van der Waals surface area contributed by atoms with Crippen LogP contribution in [0.3, 0.4) is 0 Å². The van der Waals surface area contributed by atoms with Crippen molar-refractivity contribution in [1.82, 2.24) is 4.98 Å². The van der Waals surface area contributed by atoms with Crippen LogP contribution in [0, 0.1) is 13.8 Å². The lowest BCUT2D eigenvalue weighted by molar-refractivity contribution is 0.0695. The first kappa shape index (κ1) is 10.5. The van der Waals surface area contributed by atoms with Gasteiger partial charge in [0.2, 0.25) is 0 Å². The molecule has 1 aromatic heterocycles. The zero-order valence-electron chi connectivity index (χ0n) is 8.59. The van der Waals surface area contributed by atoms with Crippen LogP contribution in [-0.4, -0.2) is 16.1 Å². The second-order valence-corrected chi connectivity index (χ2v) is 3.23. The molecule has 0 saturated carbocycles. The van der Waals surface area contributed by atoms with Gasteiger partial charge in [-0.15, -0.1) is 0 Å². The summed E-state index contributed by atoms with van der Waals surface area (Å²) in [6, 6.07) is 0. The van der Waals surface area contributed by atoms with Gasteiger partial charge >= 0.3 is 5.97 Å². The van der Waals surface area contributed by atoms with Crippen LogP contribution in [0.5, 0.6) is 0 Å². The Labute approximate surface area is 82.8 Å². The summed E-state index contributed by atoms with van der Waals surface area (Å²) in [4.78, 5) is 15.1. The van der Waals surface area contributed by atoms with E-state index in [4.69, 9.17) is 10.8 Å². The van der Waals surface area contributed by atoms with Crippen molar-refractivity contribution < 1.29 is 9.90 Å². The molecular formula is C10H14N2O2. The summed E-state index contributed by atoms with van der Waals surface area (Å²) in [6.07, 6.45) is 0.691. The van der Waals surface area contributed by atoms with Crippen molar-refractivity contribution in [2.24, 2.45) is 0 Å². The van der Waals surface area contributed by atoms with E-state index in [1.165, 1.54) is 0 Å². The molecule has 0 radical (unpaired) electrons. The molecule has 4 heteroatoms. The van der Waals surface area contributed by atoms with Crippen LogP contribution >= 0.6 is 0 Å². The maximum Gasteiger partial charge on any atom is 0.336 e. The number of carboxylic acid groups (broad SMARTS) is 1. The predicted octanol–water partition coefficient (Wildman–Crippen LogP) is 1.54. The highest BCUT2D eigenvalue weighted by Gasteiger charge is 2.16. The molecule has 0 bridgehead atoms. The Morgan fingerprint density at radius 2 is 2.00 bits per heavy atom. The van der Waals surface area contributed by atoms with Gasteiger partial charge in [0.05, 0.1) is 5.56 Å². The van der Waals surface area contributed by atoms with Gasteiger partial charge in [-0.1, -0.05) is 6.92 Å². The van der Waals surface area contributed by atoms with Crippen LogP contribution in [0.15, 0.2) is 0 Å². The molecule has 0 aliphatic carbocycles. The topological polar surface area (TPSA) is 76.2 Å². The molecule has 0 fully saturated rings. The number of nitrogens with two attached hydrogens (primary N) is 1. The highest BCUT2D eigenvalue weighted by molar-refractivity contribution is 5.92. The number of nitrogens with zero attached hydrogens (tertiary/aromatic N) is 1. The van der Waals surface area contributed by atoms with Crippen molar-refractivity contribution in [2.75, 3.05) is 5.73 Å². The second kappa shape index (κ2) is 3.65. The van der Waals surface area contributed by atoms with Crippen LogP contribution in [0.1, 0.15) is 34.1 Å². The largest absolute Gasteiger partial charge is 0.478 e. The van der Waals surface area contributed by atoms with Crippen LogP contribution < -0.4 is 5.73 Å². The summed E-state index contributed by atoms with van der Waals surface area (Å²) in [7, 11) is 0. The minimum absolute atomic E-state index is 0.286. The molecule has 0 aliphatic rings. The van der Waals surface area contributed by atoms with Gasteiger partial charge in [-0.05, 0) is 25.8 Å². The van der Waals surface area contributed by atoms with Crippen LogP contribution in [0.4, 0.5) is 5.82 Å². The Hall–Kier alpha value is -1.58. The fourth-order valence-corrected chi connectivity index (χ4v) is 1.53. The van der Waals surface area contributed by atoms with Crippen LogP contribution in [-0.2, 0) is 6.42 Å². The first-order valence-electron chi connectivity index (χ1n) is 4.47. The molecular weight excluding hydrogens is 180 g/mol. The zero-order valence-corrected chi connectivity index (χ0v) is 8.59. The molecule has 0 saturated heterocycles. The van der Waals surface area contributed by atoms with E-state index in [1.54, 1.807) is 13.8 Å². The molecule has 76 valence electrons. The van der Waals surface area contributed by atoms with Gasteiger partial charge < -0.3 is 10.8 Å². The number of rotatable bonds is 2. The SMILES string of the molecule is CCc1nc(N)c(C)c(C(=O)O)c1C. The normalized spacial score (nSPS) is 10.2. The number of carbonyl (C=O) groups is 1. The van der Waals surface area contributed by atoms with Gasteiger partial charge in [0.1, 0.15) is 5.82 Å². The maximum atomic E-state index is 11.0. The van der Waals surface area contributed by atoms with Gasteiger partial charge in [0, 0.05) is 11.3 Å². The molecule has 3 N–H and O–H groups in total. The molecule has 0 aliphatic heterocycles. The third-order valence-corrected chi connectivity index (χ3v) is 2.37. The van der Waals surface area contributed by atoms with Crippen molar-refractivity contribution in [3.8, 4) is 0 Å². The van der Waals surface area contributed by atoms with E-state index < -0.39 is 5.97 Å². The predicted molar refractivity (Wildman–Crippen MR) is 54.5 cm³/mol. The van der Waals surface area contributed by atoms with Gasteiger partial charge in [0.25, 0.3) is 0 Å². The molecule has 0 aromatic carbocycles. The van der Waals surface area contributed by atoms with Gasteiger partial charge in [0.15, 0.2) is 0 Å². The van der Waals surface area contributed by atoms with E-state index >= 15 is 0 Å². The minimum Gasteiger partial charge on any atom is -0.478 e. The fourth-order valence-electron chi connectivity index (χ4n) is 1.53. The van der Waals surface area contributed by atoms with Crippen LogP contribution in [0.2, 0.25) is 0 Å². The Morgan fingerprint density at radius 3 is 2.43 bits per heavy atom. The Morgan fingerprint density at radius 1 is 1.43 bits per heavy atom. The average Bonchev–Trinajstić information content (AvgIpc) is 2.11. The lowest BCUT2D eigenvalue weighted by atomic mass is 10.0. The number of hydrogen-bond donors (Lipinski definition) is 2. The van der Waals surface area contributed by atoms with Crippen molar-refractivity contribution in [2.45, 2.75) is 27.2 Å². The van der Waals surface area contributed by atoms with Gasteiger partial charge in [-0.25, -0.2) is 9.78 Å². The monoisotopic (exact) mass is 194 g/mol. The summed E-state index contributed by atoms with van der Waals surface area (Å²) in [5.41, 5.74) is 7.93. The summed E-state index contributed by atoms with van der Waals surface area (Å²) in [5, 5.41) is 9.01. The average molecular weight is 194 g/mol. The number of anilines is 1. The standard InChI is InChI=1S/C10H14N2O2/c1-4-7-5(2)8(10(13)14)6(3)9(11)12-7/h4H2,1-3H3,(H2,11,12)(H,13,14). The molecule has 1 rings (SSSR count). The molecule has 0 unspecified atom stereocenters. The number of aromatic nitrogens is 1.